The minimum Gasteiger partial charge on any atom is -0.352 e. The zero-order valence-corrected chi connectivity index (χ0v) is 23.8. The number of hydrogen-bond acceptors (Lipinski definition) is 4. The molecule has 220 valence electrons. The van der Waals surface area contributed by atoms with Crippen molar-refractivity contribution in [1.82, 2.24) is 10.2 Å². The van der Waals surface area contributed by atoms with Crippen molar-refractivity contribution in [2.45, 2.75) is 70.3 Å². The fourth-order valence-corrected chi connectivity index (χ4v) is 5.82. The SMILES string of the molecule is CC[C@H](C(=O)NC1CCCCC1)N(Cc1ccc(F)cc1)C(=O)CN(c1ccc(Cl)c(C(F)(F)F)c1)S(C)(=O)=O. The highest BCUT2D eigenvalue weighted by molar-refractivity contribution is 7.92. The summed E-state index contributed by atoms with van der Waals surface area (Å²) in [5.74, 6) is -1.74. The Morgan fingerprint density at radius 2 is 1.70 bits per heavy atom. The molecule has 40 heavy (non-hydrogen) atoms. The molecule has 13 heteroatoms. The van der Waals surface area contributed by atoms with E-state index in [1.807, 2.05) is 0 Å². The maximum Gasteiger partial charge on any atom is 0.417 e. The van der Waals surface area contributed by atoms with Crippen LogP contribution in [-0.2, 0) is 32.3 Å². The van der Waals surface area contributed by atoms with E-state index in [0.717, 1.165) is 50.5 Å². The zero-order valence-electron chi connectivity index (χ0n) is 22.2. The number of sulfonamides is 1. The van der Waals surface area contributed by atoms with Crippen LogP contribution in [0.15, 0.2) is 42.5 Å². The minimum atomic E-state index is -4.86. The summed E-state index contributed by atoms with van der Waals surface area (Å²) < 4.78 is 79.9. The molecule has 2 aromatic rings. The monoisotopic (exact) mass is 605 g/mol. The molecule has 0 spiro atoms. The molecule has 1 aliphatic carbocycles. The van der Waals surface area contributed by atoms with Gasteiger partial charge in [0.05, 0.1) is 22.5 Å². The average Bonchev–Trinajstić information content (AvgIpc) is 2.88. The number of anilines is 1. The van der Waals surface area contributed by atoms with E-state index in [2.05, 4.69) is 5.32 Å². The van der Waals surface area contributed by atoms with Gasteiger partial charge in [0.25, 0.3) is 0 Å². The first-order valence-corrected chi connectivity index (χ1v) is 15.1. The van der Waals surface area contributed by atoms with Gasteiger partial charge in [0.2, 0.25) is 21.8 Å². The van der Waals surface area contributed by atoms with E-state index in [4.69, 9.17) is 11.6 Å². The molecular weight excluding hydrogens is 574 g/mol. The number of rotatable bonds is 10. The van der Waals surface area contributed by atoms with Gasteiger partial charge in [0.15, 0.2) is 0 Å². The molecule has 2 aromatic carbocycles. The van der Waals surface area contributed by atoms with Crippen molar-refractivity contribution < 1.29 is 35.6 Å². The van der Waals surface area contributed by atoms with Crippen LogP contribution in [0.5, 0.6) is 0 Å². The third-order valence-electron chi connectivity index (χ3n) is 6.83. The number of halogens is 5. The number of alkyl halides is 3. The van der Waals surface area contributed by atoms with Crippen molar-refractivity contribution in [3.63, 3.8) is 0 Å². The molecule has 0 heterocycles. The van der Waals surface area contributed by atoms with Gasteiger partial charge in [-0.1, -0.05) is 49.9 Å². The Bertz CT molecular complexity index is 1300. The van der Waals surface area contributed by atoms with Gasteiger partial charge in [0.1, 0.15) is 18.4 Å². The number of nitrogens with one attached hydrogen (secondary N) is 1. The second kappa shape index (κ2) is 13.2. The summed E-state index contributed by atoms with van der Waals surface area (Å²) in [6.07, 6.45) is 0.681. The maximum atomic E-state index is 13.7. The Hall–Kier alpha value is -2.86. The molecule has 2 amide bonds. The number of carbonyl (C=O) groups excluding carboxylic acids is 2. The van der Waals surface area contributed by atoms with Gasteiger partial charge < -0.3 is 10.2 Å². The fourth-order valence-electron chi connectivity index (χ4n) is 4.75. The van der Waals surface area contributed by atoms with E-state index in [9.17, 15) is 35.6 Å². The van der Waals surface area contributed by atoms with E-state index in [-0.39, 0.29) is 19.0 Å². The molecule has 0 unspecified atom stereocenters. The van der Waals surface area contributed by atoms with Crippen molar-refractivity contribution in [2.24, 2.45) is 0 Å². The van der Waals surface area contributed by atoms with Crippen LogP contribution in [0.4, 0.5) is 23.2 Å². The predicted octanol–water partition coefficient (Wildman–Crippen LogP) is 5.52. The summed E-state index contributed by atoms with van der Waals surface area (Å²) in [7, 11) is -4.25. The first-order chi connectivity index (χ1) is 18.7. The maximum absolute atomic E-state index is 13.7. The molecule has 1 atom stereocenters. The molecule has 0 radical (unpaired) electrons. The third kappa shape index (κ3) is 8.33. The lowest BCUT2D eigenvalue weighted by Crippen LogP contribution is -2.54. The van der Waals surface area contributed by atoms with E-state index in [1.54, 1.807) is 6.92 Å². The number of amides is 2. The quantitative estimate of drug-likeness (QED) is 0.361. The van der Waals surface area contributed by atoms with Crippen LogP contribution in [0.25, 0.3) is 0 Å². The third-order valence-corrected chi connectivity index (χ3v) is 8.30. The molecule has 1 N–H and O–H groups in total. The van der Waals surface area contributed by atoms with E-state index in [1.165, 1.54) is 29.2 Å². The Balaban J connectivity index is 1.96. The first kappa shape index (κ1) is 31.7. The molecule has 7 nitrogen and oxygen atoms in total. The summed E-state index contributed by atoms with van der Waals surface area (Å²) in [5, 5.41) is 2.36. The molecule has 0 saturated heterocycles. The summed E-state index contributed by atoms with van der Waals surface area (Å²) in [6.45, 7) is 0.674. The molecule has 1 saturated carbocycles. The number of benzene rings is 2. The van der Waals surface area contributed by atoms with Crippen LogP contribution in [0, 0.1) is 5.82 Å². The average molecular weight is 606 g/mol. The first-order valence-electron chi connectivity index (χ1n) is 12.9. The molecule has 0 bridgehead atoms. The smallest absolute Gasteiger partial charge is 0.352 e. The minimum absolute atomic E-state index is 0.0551. The number of nitrogens with zero attached hydrogens (tertiary/aromatic N) is 2. The van der Waals surface area contributed by atoms with Gasteiger partial charge in [-0.15, -0.1) is 0 Å². The fraction of sp³-hybridized carbons (Fsp3) is 0.481. The molecule has 3 rings (SSSR count). The topological polar surface area (TPSA) is 86.8 Å². The molecule has 1 aliphatic rings. The van der Waals surface area contributed by atoms with Crippen LogP contribution >= 0.6 is 11.6 Å². The summed E-state index contributed by atoms with van der Waals surface area (Å²) in [6, 6.07) is 6.74. The Morgan fingerprint density at radius 1 is 1.07 bits per heavy atom. The zero-order chi connectivity index (χ0) is 29.7. The Labute approximate surface area is 236 Å². The van der Waals surface area contributed by atoms with Gasteiger partial charge in [-0.3, -0.25) is 13.9 Å². The van der Waals surface area contributed by atoms with Crippen molar-refractivity contribution in [1.29, 1.82) is 0 Å². The van der Waals surface area contributed by atoms with Gasteiger partial charge in [0, 0.05) is 12.6 Å². The van der Waals surface area contributed by atoms with Crippen molar-refractivity contribution in [3.05, 3.63) is 64.4 Å². The lowest BCUT2D eigenvalue weighted by molar-refractivity contribution is -0.140. The second-order valence-electron chi connectivity index (χ2n) is 9.85. The highest BCUT2D eigenvalue weighted by Gasteiger charge is 2.36. The highest BCUT2D eigenvalue weighted by Crippen LogP contribution is 2.37. The van der Waals surface area contributed by atoms with Crippen molar-refractivity contribution >= 4 is 39.1 Å². The number of carbonyl (C=O) groups is 2. The van der Waals surface area contributed by atoms with Crippen LogP contribution in [0.3, 0.4) is 0 Å². The molecular formula is C27H32ClF4N3O4S. The van der Waals surface area contributed by atoms with Gasteiger partial charge in [-0.25, -0.2) is 12.8 Å². The molecule has 1 fully saturated rings. The lowest BCUT2D eigenvalue weighted by Gasteiger charge is -2.34. The van der Waals surface area contributed by atoms with E-state index in [0.29, 0.717) is 15.9 Å². The van der Waals surface area contributed by atoms with E-state index >= 15 is 0 Å². The summed E-state index contributed by atoms with van der Waals surface area (Å²) >= 11 is 5.70. The normalized spacial score (nSPS) is 15.4. The largest absolute Gasteiger partial charge is 0.417 e. The molecule has 0 aliphatic heterocycles. The van der Waals surface area contributed by atoms with Crippen LogP contribution in [0.1, 0.15) is 56.6 Å². The van der Waals surface area contributed by atoms with Crippen LogP contribution < -0.4 is 9.62 Å². The standard InChI is InChI=1S/C27H32ClF4N3O4S/c1-3-24(26(37)33-20-7-5-4-6-8-20)34(16-18-9-11-19(29)12-10-18)25(36)17-35(40(2,38)39)21-13-14-23(28)22(15-21)27(30,31)32/h9-15,20,24H,3-8,16-17H2,1-2H3,(H,33,37)/t24-/m1/s1. The van der Waals surface area contributed by atoms with E-state index < -0.39 is 62.7 Å². The Kier molecular flexibility index (Phi) is 10.5. The van der Waals surface area contributed by atoms with Crippen LogP contribution in [0.2, 0.25) is 5.02 Å². The van der Waals surface area contributed by atoms with Gasteiger partial charge in [-0.05, 0) is 55.2 Å². The second-order valence-corrected chi connectivity index (χ2v) is 12.2. The predicted molar refractivity (Wildman–Crippen MR) is 145 cm³/mol. The van der Waals surface area contributed by atoms with Crippen molar-refractivity contribution in [2.75, 3.05) is 17.1 Å². The Morgan fingerprint density at radius 3 is 2.25 bits per heavy atom. The summed E-state index contributed by atoms with van der Waals surface area (Å²) in [5.41, 5.74) is -1.18. The lowest BCUT2D eigenvalue weighted by atomic mass is 9.95. The van der Waals surface area contributed by atoms with Gasteiger partial charge in [-0.2, -0.15) is 13.2 Å². The van der Waals surface area contributed by atoms with Gasteiger partial charge >= 0.3 is 6.18 Å². The summed E-state index contributed by atoms with van der Waals surface area (Å²) in [4.78, 5) is 28.2. The molecule has 0 aromatic heterocycles. The number of hydrogen-bond donors (Lipinski definition) is 1. The van der Waals surface area contributed by atoms with Crippen LogP contribution in [-0.4, -0.2) is 50.0 Å². The van der Waals surface area contributed by atoms with Crippen molar-refractivity contribution in [3.8, 4) is 0 Å². The highest BCUT2D eigenvalue weighted by atomic mass is 35.5.